The molecule has 162 valence electrons. The van der Waals surface area contributed by atoms with Gasteiger partial charge in [-0.3, -0.25) is 10.1 Å². The molecule has 0 saturated carbocycles. The maximum atomic E-state index is 12.2. The van der Waals surface area contributed by atoms with Crippen LogP contribution in [0, 0.1) is 6.92 Å². The van der Waals surface area contributed by atoms with Crippen molar-refractivity contribution in [3.8, 4) is 16.3 Å². The summed E-state index contributed by atoms with van der Waals surface area (Å²) in [6.07, 6.45) is 0. The van der Waals surface area contributed by atoms with Gasteiger partial charge in [0, 0.05) is 5.56 Å². The van der Waals surface area contributed by atoms with E-state index in [-0.39, 0.29) is 17.6 Å². The Bertz CT molecular complexity index is 1290. The van der Waals surface area contributed by atoms with Gasteiger partial charge in [-0.1, -0.05) is 53.5 Å². The zero-order valence-corrected chi connectivity index (χ0v) is 20.0. The van der Waals surface area contributed by atoms with Crippen LogP contribution in [-0.4, -0.2) is 22.6 Å². The molecule has 1 heterocycles. The molecule has 4 aromatic rings. The Kier molecular flexibility index (Phi) is 6.91. The molecule has 0 bridgehead atoms. The van der Waals surface area contributed by atoms with Crippen molar-refractivity contribution < 1.29 is 9.53 Å². The highest BCUT2D eigenvalue weighted by Gasteiger charge is 2.15. The minimum absolute atomic E-state index is 0.0999. The number of halogens is 2. The van der Waals surface area contributed by atoms with Crippen LogP contribution in [0.4, 0.5) is 5.69 Å². The molecule has 0 atom stereocenters. The fourth-order valence-corrected chi connectivity index (χ4v) is 4.77. The largest absolute Gasteiger partial charge is 0.483 e. The zero-order valence-electron chi connectivity index (χ0n) is 16.8. The number of carbonyl (C=O) groups is 1. The predicted octanol–water partition coefficient (Wildman–Crippen LogP) is 6.47. The molecule has 0 spiro atoms. The van der Waals surface area contributed by atoms with Gasteiger partial charge in [0.05, 0.1) is 25.9 Å². The van der Waals surface area contributed by atoms with Crippen LogP contribution in [0.3, 0.4) is 0 Å². The van der Waals surface area contributed by atoms with E-state index in [0.29, 0.717) is 21.5 Å². The summed E-state index contributed by atoms with van der Waals surface area (Å²) < 4.78 is 6.60. The average molecular weight is 502 g/mol. The van der Waals surface area contributed by atoms with Crippen molar-refractivity contribution in [2.45, 2.75) is 6.92 Å². The van der Waals surface area contributed by atoms with E-state index in [9.17, 15) is 4.79 Å². The maximum Gasteiger partial charge on any atom is 0.264 e. The summed E-state index contributed by atoms with van der Waals surface area (Å²) in [5.74, 6) is 0.255. The van der Waals surface area contributed by atoms with Crippen LogP contribution in [0.25, 0.3) is 20.8 Å². The Hall–Kier alpha value is -2.71. The van der Waals surface area contributed by atoms with E-state index in [1.54, 1.807) is 18.2 Å². The molecular weight excluding hydrogens is 485 g/mol. The second-order valence-corrected chi connectivity index (χ2v) is 9.11. The first-order chi connectivity index (χ1) is 15.4. The summed E-state index contributed by atoms with van der Waals surface area (Å²) in [7, 11) is 0. The molecule has 5 nitrogen and oxygen atoms in total. The van der Waals surface area contributed by atoms with Gasteiger partial charge in [0.1, 0.15) is 10.8 Å². The number of hydrogen-bond donors (Lipinski definition) is 2. The Labute approximate surface area is 204 Å². The van der Waals surface area contributed by atoms with E-state index in [2.05, 4.69) is 15.6 Å². The predicted molar refractivity (Wildman–Crippen MR) is 136 cm³/mol. The second kappa shape index (κ2) is 9.83. The Morgan fingerprint density at radius 3 is 2.62 bits per heavy atom. The van der Waals surface area contributed by atoms with Crippen molar-refractivity contribution in [3.63, 3.8) is 0 Å². The summed E-state index contributed by atoms with van der Waals surface area (Å²) in [6.45, 7) is 1.74. The lowest BCUT2D eigenvalue weighted by Gasteiger charge is -2.13. The highest BCUT2D eigenvalue weighted by molar-refractivity contribution is 7.80. The molecule has 32 heavy (non-hydrogen) atoms. The smallest absolute Gasteiger partial charge is 0.264 e. The van der Waals surface area contributed by atoms with Crippen molar-refractivity contribution in [1.82, 2.24) is 10.3 Å². The highest BCUT2D eigenvalue weighted by atomic mass is 35.5. The van der Waals surface area contributed by atoms with E-state index >= 15 is 0 Å². The number of aromatic nitrogens is 1. The number of nitrogens with zero attached hydrogens (tertiary/aromatic N) is 1. The number of benzene rings is 3. The van der Waals surface area contributed by atoms with E-state index in [4.69, 9.17) is 40.2 Å². The molecule has 0 aliphatic rings. The summed E-state index contributed by atoms with van der Waals surface area (Å²) >= 11 is 19.6. The van der Waals surface area contributed by atoms with Crippen molar-refractivity contribution in [3.05, 3.63) is 76.3 Å². The third-order valence-corrected chi connectivity index (χ3v) is 6.43. The SMILES string of the molecule is Cc1ccccc1OCC(=O)NC(=S)Nc1cc(-c2nc3ccccc3s2)c(Cl)cc1Cl. The fourth-order valence-electron chi connectivity index (χ4n) is 2.97. The number of rotatable bonds is 5. The van der Waals surface area contributed by atoms with Gasteiger partial charge in [0.2, 0.25) is 0 Å². The molecular formula is C23H17Cl2N3O2S2. The topological polar surface area (TPSA) is 63.2 Å². The molecule has 0 fully saturated rings. The third-order valence-electron chi connectivity index (χ3n) is 4.53. The fraction of sp³-hybridized carbons (Fsp3) is 0.0870. The number of para-hydroxylation sites is 2. The van der Waals surface area contributed by atoms with Gasteiger partial charge in [0.25, 0.3) is 5.91 Å². The second-order valence-electron chi connectivity index (χ2n) is 6.86. The van der Waals surface area contributed by atoms with Gasteiger partial charge in [-0.2, -0.15) is 0 Å². The molecule has 0 saturated heterocycles. The number of anilines is 1. The van der Waals surface area contributed by atoms with Crippen LogP contribution in [-0.2, 0) is 4.79 Å². The number of amides is 1. The number of hydrogen-bond acceptors (Lipinski definition) is 5. The Morgan fingerprint density at radius 1 is 1.09 bits per heavy atom. The summed E-state index contributed by atoms with van der Waals surface area (Å²) in [5.41, 5.74) is 3.06. The number of carbonyl (C=O) groups excluding carboxylic acids is 1. The summed E-state index contributed by atoms with van der Waals surface area (Å²) in [4.78, 5) is 16.9. The minimum Gasteiger partial charge on any atom is -0.483 e. The van der Waals surface area contributed by atoms with Crippen LogP contribution in [0.5, 0.6) is 5.75 Å². The number of nitrogens with one attached hydrogen (secondary N) is 2. The molecule has 1 amide bonds. The van der Waals surface area contributed by atoms with Crippen molar-refractivity contribution in [1.29, 1.82) is 0 Å². The molecule has 4 rings (SSSR count). The number of thiocarbonyl (C=S) groups is 1. The summed E-state index contributed by atoms with van der Waals surface area (Å²) in [6, 6.07) is 18.7. The third kappa shape index (κ3) is 5.19. The summed E-state index contributed by atoms with van der Waals surface area (Å²) in [5, 5.41) is 7.25. The van der Waals surface area contributed by atoms with Crippen LogP contribution in [0.1, 0.15) is 5.56 Å². The van der Waals surface area contributed by atoms with Crippen LogP contribution >= 0.6 is 46.8 Å². The molecule has 2 N–H and O–H groups in total. The van der Waals surface area contributed by atoms with Crippen molar-refractivity contribution >= 4 is 73.7 Å². The van der Waals surface area contributed by atoms with E-state index in [0.717, 1.165) is 26.4 Å². The zero-order chi connectivity index (χ0) is 22.7. The van der Waals surface area contributed by atoms with Gasteiger partial charge < -0.3 is 10.1 Å². The van der Waals surface area contributed by atoms with Crippen LogP contribution in [0.15, 0.2) is 60.7 Å². The standard InChI is InChI=1S/C23H17Cl2N3O2S2/c1-13-6-2-4-8-19(13)30-12-21(29)28-23(31)27-18-10-14(15(24)11-16(18)25)22-26-17-7-3-5-9-20(17)32-22/h2-11H,12H2,1H3,(H2,27,28,29,31). The van der Waals surface area contributed by atoms with Gasteiger partial charge in [-0.15, -0.1) is 11.3 Å². The van der Waals surface area contributed by atoms with Crippen LogP contribution < -0.4 is 15.4 Å². The van der Waals surface area contributed by atoms with E-state index < -0.39 is 0 Å². The Balaban J connectivity index is 1.45. The van der Waals surface area contributed by atoms with Gasteiger partial charge >= 0.3 is 0 Å². The van der Waals surface area contributed by atoms with E-state index in [1.165, 1.54) is 11.3 Å². The van der Waals surface area contributed by atoms with Crippen molar-refractivity contribution in [2.75, 3.05) is 11.9 Å². The lowest BCUT2D eigenvalue weighted by Crippen LogP contribution is -2.37. The van der Waals surface area contributed by atoms with Gasteiger partial charge in [0.15, 0.2) is 11.7 Å². The minimum atomic E-state index is -0.387. The Morgan fingerprint density at radius 2 is 1.84 bits per heavy atom. The number of aryl methyl sites for hydroxylation is 1. The first-order valence-corrected chi connectivity index (χ1v) is 11.5. The molecule has 1 aromatic heterocycles. The molecule has 3 aromatic carbocycles. The number of ether oxygens (including phenoxy) is 1. The van der Waals surface area contributed by atoms with E-state index in [1.807, 2.05) is 49.4 Å². The monoisotopic (exact) mass is 501 g/mol. The molecule has 0 aliphatic heterocycles. The number of thiazole rings is 1. The molecule has 0 unspecified atom stereocenters. The lowest BCUT2D eigenvalue weighted by molar-refractivity contribution is -0.121. The molecule has 0 aliphatic carbocycles. The molecule has 0 radical (unpaired) electrons. The molecule has 9 heteroatoms. The first-order valence-electron chi connectivity index (χ1n) is 9.55. The maximum absolute atomic E-state index is 12.2. The quantitative estimate of drug-likeness (QED) is 0.306. The average Bonchev–Trinajstić information content (AvgIpc) is 3.19. The highest BCUT2D eigenvalue weighted by Crippen LogP contribution is 2.38. The lowest BCUT2D eigenvalue weighted by atomic mass is 10.2. The number of fused-ring (bicyclic) bond motifs is 1. The van der Waals surface area contributed by atoms with Crippen molar-refractivity contribution in [2.24, 2.45) is 0 Å². The van der Waals surface area contributed by atoms with Gasteiger partial charge in [-0.05, 0) is 55.0 Å². The van der Waals surface area contributed by atoms with Gasteiger partial charge in [-0.25, -0.2) is 4.98 Å². The van der Waals surface area contributed by atoms with Crippen LogP contribution in [0.2, 0.25) is 10.0 Å². The normalized spacial score (nSPS) is 10.7. The first kappa shape index (κ1) is 22.5.